The third-order valence-corrected chi connectivity index (χ3v) is 8.75. The molecule has 1 aromatic carbocycles. The number of aromatic nitrogens is 3. The van der Waals surface area contributed by atoms with Crippen LogP contribution in [0.15, 0.2) is 41.7 Å². The largest absolute Gasteiger partial charge is 0.478 e. The summed E-state index contributed by atoms with van der Waals surface area (Å²) in [5.74, 6) is -3.57. The zero-order valence-corrected chi connectivity index (χ0v) is 30.0. The van der Waals surface area contributed by atoms with Gasteiger partial charge in [-0.2, -0.15) is 0 Å². The Kier molecular flexibility index (Phi) is 13.1. The Morgan fingerprint density at radius 3 is 2.18 bits per heavy atom. The first-order chi connectivity index (χ1) is 23.3. The third-order valence-electron chi connectivity index (χ3n) is 7.30. The summed E-state index contributed by atoms with van der Waals surface area (Å²) in [5, 5.41) is 30.2. The van der Waals surface area contributed by atoms with Gasteiger partial charge >= 0.3 is 17.9 Å². The number of carbonyl (C=O) groups excluding carboxylic acids is 1. The average Bonchev–Trinajstić information content (AvgIpc) is 3.36. The number of carboxylic acid groups (broad SMARTS) is 3. The molecule has 0 aliphatic carbocycles. The maximum absolute atomic E-state index is 12.2. The number of methoxy groups -OCH3 is 1. The van der Waals surface area contributed by atoms with E-state index in [9.17, 15) is 24.3 Å². The van der Waals surface area contributed by atoms with Crippen molar-refractivity contribution in [3.05, 3.63) is 90.5 Å². The number of aryl methyl sites for hydroxylation is 1. The van der Waals surface area contributed by atoms with Gasteiger partial charge in [0.2, 0.25) is 0 Å². The number of nitrogens with zero attached hydrogens (tertiary/aromatic N) is 4. The molecule has 0 saturated carbocycles. The summed E-state index contributed by atoms with van der Waals surface area (Å²) in [5.41, 5.74) is 6.23. The van der Waals surface area contributed by atoms with Crippen molar-refractivity contribution in [3.63, 3.8) is 0 Å². The summed E-state index contributed by atoms with van der Waals surface area (Å²) in [6.45, 7) is 7.66. The van der Waals surface area contributed by atoms with Crippen LogP contribution >= 0.6 is 46.4 Å². The van der Waals surface area contributed by atoms with Crippen LogP contribution < -0.4 is 11.1 Å². The number of nitrogens with one attached hydrogen (secondary N) is 1. The first kappa shape index (κ1) is 39.8. The highest BCUT2D eigenvalue weighted by atomic mass is 35.5. The highest BCUT2D eigenvalue weighted by molar-refractivity contribution is 6.46. The van der Waals surface area contributed by atoms with Gasteiger partial charge in [-0.05, 0) is 49.1 Å². The Labute approximate surface area is 305 Å². The standard InChI is InChI=1S/C15H19N3O4.C11H8ClNO2.C6H3Cl3N2O2/c1-8(2)15(3)14(21)17-12(18-15)11-10(13(19)20)5-9(6-16-11)7-22-4;1-6-4-7-2-3-8(12)9(11(14)15)10(7)13-5-6;7-1-3(10)2(8)5(9)11-4(1)6(12)13/h5-6,8H,7H2,1-4H3,(H,19,20)(H,17,18,21);2-5H,1H3,(H,14,15);(H2,10,11)(H,12,13). The monoisotopic (exact) mass is 766 g/mol. The van der Waals surface area contributed by atoms with Crippen molar-refractivity contribution in [2.45, 2.75) is 39.8 Å². The molecule has 0 saturated heterocycles. The number of carboxylic acids is 3. The second-order valence-corrected chi connectivity index (χ2v) is 12.6. The molecule has 264 valence electrons. The van der Waals surface area contributed by atoms with E-state index in [1.165, 1.54) is 19.4 Å². The van der Waals surface area contributed by atoms with Gasteiger partial charge in [0.15, 0.2) is 16.7 Å². The van der Waals surface area contributed by atoms with E-state index in [1.807, 2.05) is 26.8 Å². The van der Waals surface area contributed by atoms with Gasteiger partial charge in [0.05, 0.1) is 33.4 Å². The van der Waals surface area contributed by atoms with Crippen LogP contribution in [0, 0.1) is 12.8 Å². The number of hydrogen-bond acceptors (Lipinski definition) is 10. The van der Waals surface area contributed by atoms with E-state index in [0.717, 1.165) is 10.9 Å². The highest BCUT2D eigenvalue weighted by Crippen LogP contribution is 2.34. The van der Waals surface area contributed by atoms with Gasteiger partial charge in [-0.3, -0.25) is 14.8 Å². The number of amides is 1. The van der Waals surface area contributed by atoms with Crippen LogP contribution in [0.4, 0.5) is 5.69 Å². The molecule has 14 nitrogen and oxygen atoms in total. The van der Waals surface area contributed by atoms with Crippen LogP contribution in [0.5, 0.6) is 0 Å². The smallest absolute Gasteiger partial charge is 0.356 e. The van der Waals surface area contributed by atoms with Gasteiger partial charge < -0.3 is 31.1 Å². The second-order valence-electron chi connectivity index (χ2n) is 11.1. The maximum Gasteiger partial charge on any atom is 0.356 e. The van der Waals surface area contributed by atoms with Crippen molar-refractivity contribution in [2.24, 2.45) is 10.9 Å². The number of nitrogen functional groups attached to an aromatic ring is 1. The Hall–Kier alpha value is -4.60. The summed E-state index contributed by atoms with van der Waals surface area (Å²) in [7, 11) is 1.52. The minimum atomic E-state index is -1.31. The number of aliphatic imine (C=N–C) groups is 1. The molecule has 1 aliphatic heterocycles. The van der Waals surface area contributed by atoms with E-state index in [0.29, 0.717) is 11.1 Å². The highest BCUT2D eigenvalue weighted by Gasteiger charge is 2.43. The van der Waals surface area contributed by atoms with Crippen molar-refractivity contribution in [2.75, 3.05) is 12.8 Å². The lowest BCUT2D eigenvalue weighted by Crippen LogP contribution is -2.41. The van der Waals surface area contributed by atoms with Crippen molar-refractivity contribution < 1.29 is 39.2 Å². The zero-order chi connectivity index (χ0) is 37.7. The van der Waals surface area contributed by atoms with Gasteiger partial charge in [0.1, 0.15) is 21.8 Å². The summed E-state index contributed by atoms with van der Waals surface area (Å²) in [4.78, 5) is 61.2. The van der Waals surface area contributed by atoms with Crippen LogP contribution in [-0.4, -0.2) is 72.6 Å². The minimum absolute atomic E-state index is 0.0124. The van der Waals surface area contributed by atoms with E-state index in [1.54, 1.807) is 25.3 Å². The Morgan fingerprint density at radius 1 is 0.980 bits per heavy atom. The number of halogens is 4. The van der Waals surface area contributed by atoms with Crippen LogP contribution in [0.2, 0.25) is 20.2 Å². The lowest BCUT2D eigenvalue weighted by atomic mass is 9.89. The number of rotatable bonds is 7. The first-order valence-electron chi connectivity index (χ1n) is 14.3. The predicted octanol–water partition coefficient (Wildman–Crippen LogP) is 6.43. The average molecular weight is 768 g/mol. The molecule has 4 heterocycles. The molecular weight excluding hydrogens is 738 g/mol. The van der Waals surface area contributed by atoms with E-state index in [2.05, 4.69) is 25.3 Å². The molecule has 0 spiro atoms. The van der Waals surface area contributed by atoms with Crippen LogP contribution in [0.3, 0.4) is 0 Å². The fourth-order valence-corrected chi connectivity index (χ4v) is 5.14. The number of anilines is 1. The number of aromatic carboxylic acids is 3. The number of ether oxygens (including phenoxy) is 1. The molecule has 0 bridgehead atoms. The van der Waals surface area contributed by atoms with E-state index in [-0.39, 0.29) is 67.0 Å². The molecule has 18 heteroatoms. The van der Waals surface area contributed by atoms with Gasteiger partial charge in [-0.15, -0.1) is 0 Å². The molecule has 1 amide bonds. The van der Waals surface area contributed by atoms with Gasteiger partial charge in [0.25, 0.3) is 5.91 Å². The lowest BCUT2D eigenvalue weighted by Gasteiger charge is -2.21. The predicted molar refractivity (Wildman–Crippen MR) is 189 cm³/mol. The van der Waals surface area contributed by atoms with Crippen molar-refractivity contribution in [1.82, 2.24) is 20.3 Å². The van der Waals surface area contributed by atoms with E-state index in [4.69, 9.17) is 67.1 Å². The number of fused-ring (bicyclic) bond motifs is 1. The molecule has 0 radical (unpaired) electrons. The van der Waals surface area contributed by atoms with Crippen LogP contribution in [0.1, 0.15) is 68.8 Å². The molecule has 0 fully saturated rings. The number of nitrogens with two attached hydrogens (primary N) is 1. The molecule has 1 atom stereocenters. The van der Waals surface area contributed by atoms with Gasteiger partial charge in [-0.25, -0.2) is 24.4 Å². The number of hydrogen-bond donors (Lipinski definition) is 5. The third kappa shape index (κ3) is 8.76. The molecule has 5 rings (SSSR count). The summed E-state index contributed by atoms with van der Waals surface area (Å²) < 4.78 is 4.98. The van der Waals surface area contributed by atoms with Gasteiger partial charge in [-0.1, -0.05) is 66.3 Å². The minimum Gasteiger partial charge on any atom is -0.478 e. The molecule has 3 aromatic heterocycles. The Balaban J connectivity index is 0.000000212. The maximum atomic E-state index is 12.2. The SMILES string of the molecule is COCc1cnc(C2=NC(C)(C(C)C)C(=O)N2)c(C(=O)O)c1.Cc1cnc2c(C(=O)O)c(Cl)ccc2c1.Nc1c(Cl)c(Cl)nc(C(=O)O)c1Cl. The number of amidine groups is 1. The van der Waals surface area contributed by atoms with E-state index >= 15 is 0 Å². The molecular formula is C32H30Cl4N6O8. The summed E-state index contributed by atoms with van der Waals surface area (Å²) in [6, 6.07) is 6.71. The number of pyridine rings is 3. The van der Waals surface area contributed by atoms with Crippen LogP contribution in [-0.2, 0) is 16.1 Å². The van der Waals surface area contributed by atoms with Crippen molar-refractivity contribution in [3.8, 4) is 0 Å². The fourth-order valence-electron chi connectivity index (χ4n) is 4.32. The molecule has 1 unspecified atom stereocenters. The number of carbonyl (C=O) groups is 4. The summed E-state index contributed by atoms with van der Waals surface area (Å²) in [6.07, 6.45) is 3.15. The quantitative estimate of drug-likeness (QED) is 0.128. The number of benzene rings is 1. The topological polar surface area (TPSA) is 227 Å². The van der Waals surface area contributed by atoms with Crippen LogP contribution in [0.25, 0.3) is 10.9 Å². The fraction of sp³-hybridized carbons (Fsp3) is 0.250. The summed E-state index contributed by atoms with van der Waals surface area (Å²) >= 11 is 22.4. The lowest BCUT2D eigenvalue weighted by molar-refractivity contribution is -0.124. The van der Waals surface area contributed by atoms with Crippen molar-refractivity contribution >= 4 is 92.6 Å². The van der Waals surface area contributed by atoms with E-state index < -0.39 is 29.1 Å². The van der Waals surface area contributed by atoms with Crippen molar-refractivity contribution in [1.29, 1.82) is 0 Å². The molecule has 1 aliphatic rings. The molecule has 4 aromatic rings. The first-order valence-corrected chi connectivity index (χ1v) is 15.8. The van der Waals surface area contributed by atoms with Gasteiger partial charge in [0, 0.05) is 24.9 Å². The Bertz CT molecular complexity index is 2040. The normalized spacial score (nSPS) is 15.0. The molecule has 6 N–H and O–H groups in total. The molecule has 50 heavy (non-hydrogen) atoms. The second kappa shape index (κ2) is 16.4. The zero-order valence-electron chi connectivity index (χ0n) is 27.0. The Morgan fingerprint density at radius 2 is 1.64 bits per heavy atom.